The molecule has 0 saturated heterocycles. The maximum Gasteiger partial charge on any atom is 0.140 e. The fourth-order valence-corrected chi connectivity index (χ4v) is 1.68. The fourth-order valence-electron chi connectivity index (χ4n) is 1.23. The highest BCUT2D eigenvalue weighted by molar-refractivity contribution is 6.35. The van der Waals surface area contributed by atoms with Gasteiger partial charge in [-0.05, 0) is 25.1 Å². The van der Waals surface area contributed by atoms with Crippen molar-refractivity contribution >= 4 is 29.2 Å². The smallest absolute Gasteiger partial charge is 0.140 e. The fraction of sp³-hybridized carbons (Fsp3) is 0.364. The number of carboxylic acids is 1. The van der Waals surface area contributed by atoms with Crippen molar-refractivity contribution in [2.75, 3.05) is 0 Å². The number of hydrogen-bond acceptors (Lipinski definition) is 4. The van der Waals surface area contributed by atoms with Crippen LogP contribution < -0.4 is 9.84 Å². The number of hydrogen-bond donors (Lipinski definition) is 1. The molecule has 0 amide bonds. The summed E-state index contributed by atoms with van der Waals surface area (Å²) in [6.45, 7) is 1.46. The molecule has 0 aliphatic carbocycles. The molecule has 6 heteroatoms. The van der Waals surface area contributed by atoms with E-state index in [9.17, 15) is 9.90 Å². The summed E-state index contributed by atoms with van der Waals surface area (Å²) in [7, 11) is 0. The van der Waals surface area contributed by atoms with Gasteiger partial charge in [0.1, 0.15) is 11.9 Å². The molecular formula is C11H11Cl2O4-. The Labute approximate surface area is 109 Å². The number of carboxylic acid groups (broad SMARTS) is 1. The minimum Gasteiger partial charge on any atom is -0.546 e. The Kier molecular flexibility index (Phi) is 5.05. The lowest BCUT2D eigenvalue weighted by molar-refractivity contribution is -0.314. The molecule has 1 aromatic rings. The van der Waals surface area contributed by atoms with Crippen molar-refractivity contribution in [1.82, 2.24) is 0 Å². The second-order valence-corrected chi connectivity index (χ2v) is 4.43. The lowest BCUT2D eigenvalue weighted by Gasteiger charge is -2.21. The van der Waals surface area contributed by atoms with Crippen LogP contribution in [-0.2, 0) is 4.79 Å². The molecule has 0 saturated carbocycles. The van der Waals surface area contributed by atoms with Gasteiger partial charge in [-0.15, -0.1) is 0 Å². The summed E-state index contributed by atoms with van der Waals surface area (Å²) in [5, 5.41) is 20.6. The molecule has 0 fully saturated rings. The first kappa shape index (κ1) is 14.1. The molecule has 2 atom stereocenters. The van der Waals surface area contributed by atoms with Crippen molar-refractivity contribution in [3.05, 3.63) is 28.2 Å². The summed E-state index contributed by atoms with van der Waals surface area (Å²) in [6.07, 6.45) is -2.15. The van der Waals surface area contributed by atoms with E-state index < -0.39 is 18.2 Å². The van der Waals surface area contributed by atoms with Gasteiger partial charge in [0.25, 0.3) is 0 Å². The summed E-state index contributed by atoms with van der Waals surface area (Å²) in [5.41, 5.74) is 0. The van der Waals surface area contributed by atoms with Crippen LogP contribution in [-0.4, -0.2) is 23.3 Å². The van der Waals surface area contributed by atoms with E-state index in [4.69, 9.17) is 33.0 Å². The average Bonchev–Trinajstić information content (AvgIpc) is 2.19. The predicted octanol–water partition coefficient (Wildman–Crippen LogP) is 1.26. The SMILES string of the molecule is CC(O)CC(Oc1ccc(Cl)cc1Cl)C(=O)[O-]. The number of halogens is 2. The Morgan fingerprint density at radius 2 is 2.18 bits per heavy atom. The molecule has 1 rings (SSSR count). The largest absolute Gasteiger partial charge is 0.546 e. The van der Waals surface area contributed by atoms with E-state index in [0.717, 1.165) is 0 Å². The molecule has 0 spiro atoms. The van der Waals surface area contributed by atoms with Crippen LogP contribution in [0, 0.1) is 0 Å². The van der Waals surface area contributed by atoms with Crippen molar-refractivity contribution in [1.29, 1.82) is 0 Å². The van der Waals surface area contributed by atoms with E-state index >= 15 is 0 Å². The van der Waals surface area contributed by atoms with Gasteiger partial charge in [0, 0.05) is 11.4 Å². The van der Waals surface area contributed by atoms with Crippen LogP contribution in [0.3, 0.4) is 0 Å². The van der Waals surface area contributed by atoms with Gasteiger partial charge in [-0.1, -0.05) is 23.2 Å². The number of carbonyl (C=O) groups excluding carboxylic acids is 1. The topological polar surface area (TPSA) is 69.6 Å². The quantitative estimate of drug-likeness (QED) is 0.880. The van der Waals surface area contributed by atoms with Crippen LogP contribution in [0.2, 0.25) is 10.0 Å². The first-order valence-corrected chi connectivity index (χ1v) is 5.66. The van der Waals surface area contributed by atoms with Gasteiger partial charge in [0.15, 0.2) is 0 Å². The Hall–Kier alpha value is -0.970. The zero-order valence-corrected chi connectivity index (χ0v) is 10.5. The second-order valence-electron chi connectivity index (χ2n) is 3.58. The van der Waals surface area contributed by atoms with Crippen molar-refractivity contribution < 1.29 is 19.7 Å². The first-order valence-electron chi connectivity index (χ1n) is 4.90. The highest BCUT2D eigenvalue weighted by atomic mass is 35.5. The Morgan fingerprint density at radius 3 is 2.65 bits per heavy atom. The molecular weight excluding hydrogens is 267 g/mol. The summed E-state index contributed by atoms with van der Waals surface area (Å²) in [4.78, 5) is 10.8. The lowest BCUT2D eigenvalue weighted by atomic mass is 10.2. The van der Waals surface area contributed by atoms with E-state index in [2.05, 4.69) is 0 Å². The van der Waals surface area contributed by atoms with Gasteiger partial charge in [-0.3, -0.25) is 0 Å². The van der Waals surface area contributed by atoms with Gasteiger partial charge in [0.2, 0.25) is 0 Å². The molecule has 1 aromatic carbocycles. The molecule has 4 nitrogen and oxygen atoms in total. The Bertz CT molecular complexity index is 406. The van der Waals surface area contributed by atoms with E-state index in [1.807, 2.05) is 0 Å². The third-order valence-electron chi connectivity index (χ3n) is 1.98. The first-order chi connectivity index (χ1) is 7.90. The predicted molar refractivity (Wildman–Crippen MR) is 62.2 cm³/mol. The summed E-state index contributed by atoms with van der Waals surface area (Å²) in [6, 6.07) is 4.42. The van der Waals surface area contributed by atoms with Crippen LogP contribution >= 0.6 is 23.2 Å². The number of aliphatic hydroxyl groups excluding tert-OH is 1. The Morgan fingerprint density at radius 1 is 1.53 bits per heavy atom. The maximum atomic E-state index is 10.8. The molecule has 0 radical (unpaired) electrons. The highest BCUT2D eigenvalue weighted by Gasteiger charge is 2.16. The minimum absolute atomic E-state index is 0.0821. The molecule has 0 aliphatic heterocycles. The number of carbonyl (C=O) groups is 1. The van der Waals surface area contributed by atoms with E-state index in [1.165, 1.54) is 25.1 Å². The third-order valence-corrected chi connectivity index (χ3v) is 2.51. The van der Waals surface area contributed by atoms with Crippen molar-refractivity contribution in [2.45, 2.75) is 25.6 Å². The monoisotopic (exact) mass is 277 g/mol. The minimum atomic E-state index is -1.41. The van der Waals surface area contributed by atoms with Gasteiger partial charge in [-0.25, -0.2) is 0 Å². The molecule has 0 aromatic heterocycles. The van der Waals surface area contributed by atoms with Crippen molar-refractivity contribution in [3.63, 3.8) is 0 Å². The summed E-state index contributed by atoms with van der Waals surface area (Å²) >= 11 is 11.5. The van der Waals surface area contributed by atoms with E-state index in [1.54, 1.807) is 0 Å². The molecule has 0 aliphatic rings. The number of aliphatic hydroxyl groups is 1. The lowest BCUT2D eigenvalue weighted by Crippen LogP contribution is -2.41. The highest BCUT2D eigenvalue weighted by Crippen LogP contribution is 2.28. The average molecular weight is 278 g/mol. The van der Waals surface area contributed by atoms with E-state index in [-0.39, 0.29) is 17.2 Å². The zero-order chi connectivity index (χ0) is 13.0. The molecule has 0 bridgehead atoms. The summed E-state index contributed by atoms with van der Waals surface area (Å²) < 4.78 is 5.16. The van der Waals surface area contributed by atoms with Crippen LogP contribution in [0.1, 0.15) is 13.3 Å². The molecule has 17 heavy (non-hydrogen) atoms. The second kappa shape index (κ2) is 6.10. The number of benzene rings is 1. The molecule has 1 N–H and O–H groups in total. The van der Waals surface area contributed by atoms with Crippen molar-refractivity contribution in [3.8, 4) is 5.75 Å². The third kappa shape index (κ3) is 4.42. The zero-order valence-electron chi connectivity index (χ0n) is 9.02. The molecule has 0 heterocycles. The number of rotatable bonds is 5. The van der Waals surface area contributed by atoms with Gasteiger partial charge < -0.3 is 19.7 Å². The normalized spacial score (nSPS) is 14.1. The van der Waals surface area contributed by atoms with Crippen LogP contribution in [0.4, 0.5) is 0 Å². The molecule has 94 valence electrons. The number of ether oxygens (including phenoxy) is 1. The van der Waals surface area contributed by atoms with Gasteiger partial charge in [-0.2, -0.15) is 0 Å². The standard InChI is InChI=1S/C11H12Cl2O4/c1-6(14)4-10(11(15)16)17-9-3-2-7(12)5-8(9)13/h2-3,5-6,10,14H,4H2,1H3,(H,15,16)/p-1. The van der Waals surface area contributed by atoms with Crippen LogP contribution in [0.25, 0.3) is 0 Å². The van der Waals surface area contributed by atoms with Crippen LogP contribution in [0.15, 0.2) is 18.2 Å². The van der Waals surface area contributed by atoms with Crippen LogP contribution in [0.5, 0.6) is 5.75 Å². The summed E-state index contributed by atoms with van der Waals surface area (Å²) in [5.74, 6) is -1.22. The Balaban J connectivity index is 2.82. The van der Waals surface area contributed by atoms with Gasteiger partial charge in [0.05, 0.1) is 17.1 Å². The van der Waals surface area contributed by atoms with Gasteiger partial charge >= 0.3 is 0 Å². The van der Waals surface area contributed by atoms with Crippen molar-refractivity contribution in [2.24, 2.45) is 0 Å². The number of aliphatic carboxylic acids is 1. The van der Waals surface area contributed by atoms with E-state index in [0.29, 0.717) is 5.02 Å². The molecule has 2 unspecified atom stereocenters. The maximum absolute atomic E-state index is 10.8.